The van der Waals surface area contributed by atoms with Gasteiger partial charge in [0, 0.05) is 16.7 Å². The number of carbonyl (C=O) groups excluding carboxylic acids is 1. The lowest BCUT2D eigenvalue weighted by molar-refractivity contribution is 0.102. The third-order valence-corrected chi connectivity index (χ3v) is 2.10. The molecule has 0 aromatic carbocycles. The highest BCUT2D eigenvalue weighted by atomic mass is 79.9. The van der Waals surface area contributed by atoms with E-state index in [1.807, 2.05) is 0 Å². The van der Waals surface area contributed by atoms with Gasteiger partial charge in [0.15, 0.2) is 0 Å². The van der Waals surface area contributed by atoms with Crippen LogP contribution in [0.2, 0.25) is 0 Å². The highest BCUT2D eigenvalue weighted by Crippen LogP contribution is 2.11. The normalized spacial score (nSPS) is 10.1. The number of amides is 1. The van der Waals surface area contributed by atoms with E-state index in [0.29, 0.717) is 11.5 Å². The van der Waals surface area contributed by atoms with Crippen molar-refractivity contribution in [1.29, 1.82) is 0 Å². The van der Waals surface area contributed by atoms with Gasteiger partial charge in [-0.25, -0.2) is 0 Å². The fourth-order valence-corrected chi connectivity index (χ4v) is 1.36. The molecule has 0 bridgehead atoms. The van der Waals surface area contributed by atoms with Crippen LogP contribution in [0.3, 0.4) is 0 Å². The van der Waals surface area contributed by atoms with Gasteiger partial charge in [-0.05, 0) is 22.0 Å². The number of aromatic nitrogens is 3. The van der Waals surface area contributed by atoms with Crippen LogP contribution >= 0.6 is 15.9 Å². The van der Waals surface area contributed by atoms with E-state index in [-0.39, 0.29) is 5.91 Å². The second-order valence-corrected chi connectivity index (χ2v) is 3.57. The number of nitrogens with one attached hydrogen (secondary N) is 3. The van der Waals surface area contributed by atoms with Crippen LogP contribution in [-0.2, 0) is 0 Å². The zero-order valence-electron chi connectivity index (χ0n) is 7.04. The molecule has 0 saturated carbocycles. The predicted octanol–water partition coefficient (Wildman–Crippen LogP) is 1.75. The third kappa shape index (κ3) is 1.85. The number of halogens is 1. The van der Waals surface area contributed by atoms with Gasteiger partial charge in [-0.1, -0.05) is 0 Å². The molecule has 3 N–H and O–H groups in total. The first-order valence-corrected chi connectivity index (χ1v) is 4.69. The molecule has 2 aromatic heterocycles. The zero-order valence-corrected chi connectivity index (χ0v) is 8.63. The second-order valence-electron chi connectivity index (χ2n) is 2.66. The quantitative estimate of drug-likeness (QED) is 0.764. The fourth-order valence-electron chi connectivity index (χ4n) is 1.01. The topological polar surface area (TPSA) is 73.6 Å². The van der Waals surface area contributed by atoms with Gasteiger partial charge in [-0.2, -0.15) is 5.10 Å². The minimum absolute atomic E-state index is 0.208. The Morgan fingerprint density at radius 3 is 3.00 bits per heavy atom. The molecule has 0 saturated heterocycles. The largest absolute Gasteiger partial charge is 0.356 e. The molecule has 2 rings (SSSR count). The number of nitrogens with zero attached hydrogens (tertiary/aromatic N) is 1. The Hall–Kier alpha value is -1.56. The van der Waals surface area contributed by atoms with E-state index >= 15 is 0 Å². The number of aromatic amines is 2. The molecule has 0 unspecified atom stereocenters. The van der Waals surface area contributed by atoms with Gasteiger partial charge in [0.1, 0.15) is 11.5 Å². The van der Waals surface area contributed by atoms with Crippen molar-refractivity contribution in [2.45, 2.75) is 0 Å². The summed E-state index contributed by atoms with van der Waals surface area (Å²) in [5.41, 5.74) is 0.492. The number of carbonyl (C=O) groups is 1. The van der Waals surface area contributed by atoms with Gasteiger partial charge < -0.3 is 10.3 Å². The van der Waals surface area contributed by atoms with Crippen LogP contribution in [0, 0.1) is 0 Å². The molecule has 0 radical (unpaired) electrons. The molecule has 2 heterocycles. The molecule has 2 aromatic rings. The Bertz CT molecular complexity index is 434. The summed E-state index contributed by atoms with van der Waals surface area (Å²) >= 11 is 3.25. The number of H-pyrrole nitrogens is 2. The molecule has 6 heteroatoms. The van der Waals surface area contributed by atoms with Crippen LogP contribution in [0.4, 0.5) is 5.82 Å². The Labute approximate surface area is 88.0 Å². The summed E-state index contributed by atoms with van der Waals surface area (Å²) in [4.78, 5) is 14.3. The lowest BCUT2D eigenvalue weighted by Gasteiger charge is -1.98. The van der Waals surface area contributed by atoms with Crippen molar-refractivity contribution in [2.24, 2.45) is 0 Å². The second kappa shape index (κ2) is 3.67. The molecule has 0 spiro atoms. The molecule has 72 valence electrons. The molecular weight excluding hydrogens is 248 g/mol. The number of rotatable bonds is 2. The Balaban J connectivity index is 2.10. The van der Waals surface area contributed by atoms with E-state index in [0.717, 1.165) is 4.47 Å². The average molecular weight is 255 g/mol. The van der Waals surface area contributed by atoms with Gasteiger partial charge in [-0.15, -0.1) is 0 Å². The van der Waals surface area contributed by atoms with E-state index < -0.39 is 0 Å². The minimum atomic E-state index is -0.208. The summed E-state index contributed by atoms with van der Waals surface area (Å²) in [5, 5.41) is 8.99. The first-order valence-electron chi connectivity index (χ1n) is 3.90. The zero-order chi connectivity index (χ0) is 9.97. The van der Waals surface area contributed by atoms with E-state index in [4.69, 9.17) is 0 Å². The first kappa shape index (κ1) is 9.01. The van der Waals surface area contributed by atoms with Gasteiger partial charge in [0.2, 0.25) is 0 Å². The molecule has 0 fully saturated rings. The maximum Gasteiger partial charge on any atom is 0.273 e. The molecule has 5 nitrogen and oxygen atoms in total. The van der Waals surface area contributed by atoms with Crippen LogP contribution in [0.5, 0.6) is 0 Å². The lowest BCUT2D eigenvalue weighted by Crippen LogP contribution is -2.12. The summed E-state index contributed by atoms with van der Waals surface area (Å²) in [6, 6.07) is 3.38. The SMILES string of the molecule is O=C(Nc1ccn[nH]1)c1cc(Br)c[nH]1. The maximum atomic E-state index is 11.5. The Morgan fingerprint density at radius 1 is 1.57 bits per heavy atom. The molecule has 0 aliphatic heterocycles. The van der Waals surface area contributed by atoms with Crippen molar-refractivity contribution in [2.75, 3.05) is 5.32 Å². The summed E-state index contributed by atoms with van der Waals surface area (Å²) in [7, 11) is 0. The highest BCUT2D eigenvalue weighted by molar-refractivity contribution is 9.10. The van der Waals surface area contributed by atoms with Crippen molar-refractivity contribution in [3.05, 3.63) is 34.7 Å². The monoisotopic (exact) mass is 254 g/mol. The number of hydrogen-bond donors (Lipinski definition) is 3. The lowest BCUT2D eigenvalue weighted by atomic mass is 10.4. The molecule has 0 atom stereocenters. The van der Waals surface area contributed by atoms with Crippen LogP contribution < -0.4 is 5.32 Å². The first-order chi connectivity index (χ1) is 6.75. The van der Waals surface area contributed by atoms with Gasteiger partial charge in [0.05, 0.1) is 6.20 Å². The highest BCUT2D eigenvalue weighted by Gasteiger charge is 2.08. The number of hydrogen-bond acceptors (Lipinski definition) is 2. The van der Waals surface area contributed by atoms with E-state index in [2.05, 4.69) is 36.4 Å². The van der Waals surface area contributed by atoms with Crippen molar-refractivity contribution in [3.63, 3.8) is 0 Å². The standard InChI is InChI=1S/C8H7BrN4O/c9-5-3-6(10-4-5)8(14)12-7-1-2-11-13-7/h1-4,10H,(H2,11,12,13,14). The third-order valence-electron chi connectivity index (χ3n) is 1.64. The summed E-state index contributed by atoms with van der Waals surface area (Å²) in [6.45, 7) is 0. The van der Waals surface area contributed by atoms with Crippen LogP contribution in [0.25, 0.3) is 0 Å². The van der Waals surface area contributed by atoms with Crippen molar-refractivity contribution in [1.82, 2.24) is 15.2 Å². The van der Waals surface area contributed by atoms with Crippen LogP contribution in [-0.4, -0.2) is 21.1 Å². The van der Waals surface area contributed by atoms with Crippen LogP contribution in [0.1, 0.15) is 10.5 Å². The van der Waals surface area contributed by atoms with E-state index in [9.17, 15) is 4.79 Å². The maximum absolute atomic E-state index is 11.5. The summed E-state index contributed by atoms with van der Waals surface area (Å²) in [6.07, 6.45) is 3.27. The minimum Gasteiger partial charge on any atom is -0.356 e. The molecular formula is C8H7BrN4O. The van der Waals surface area contributed by atoms with Gasteiger partial charge in [0.25, 0.3) is 5.91 Å². The van der Waals surface area contributed by atoms with E-state index in [1.165, 1.54) is 0 Å². The average Bonchev–Trinajstić information content (AvgIpc) is 2.75. The molecule has 0 aliphatic carbocycles. The predicted molar refractivity (Wildman–Crippen MR) is 55.0 cm³/mol. The number of anilines is 1. The van der Waals surface area contributed by atoms with Crippen molar-refractivity contribution in [3.8, 4) is 0 Å². The van der Waals surface area contributed by atoms with E-state index in [1.54, 1.807) is 24.5 Å². The molecule has 1 amide bonds. The molecule has 0 aliphatic rings. The Kier molecular flexibility index (Phi) is 2.36. The Morgan fingerprint density at radius 2 is 2.43 bits per heavy atom. The van der Waals surface area contributed by atoms with Gasteiger partial charge >= 0.3 is 0 Å². The fraction of sp³-hybridized carbons (Fsp3) is 0. The smallest absolute Gasteiger partial charge is 0.273 e. The van der Waals surface area contributed by atoms with Gasteiger partial charge in [-0.3, -0.25) is 9.89 Å². The summed E-state index contributed by atoms with van der Waals surface area (Å²) in [5.74, 6) is 0.362. The molecule has 14 heavy (non-hydrogen) atoms. The summed E-state index contributed by atoms with van der Waals surface area (Å²) < 4.78 is 0.840. The van der Waals surface area contributed by atoms with Crippen molar-refractivity contribution < 1.29 is 4.79 Å². The van der Waals surface area contributed by atoms with Crippen molar-refractivity contribution >= 4 is 27.7 Å². The van der Waals surface area contributed by atoms with Crippen LogP contribution in [0.15, 0.2) is 29.0 Å².